The Morgan fingerprint density at radius 2 is 1.64 bits per heavy atom. The molecular formula is C13H10N. The molecule has 0 atom stereocenters. The van der Waals surface area contributed by atoms with Gasteiger partial charge in [0.15, 0.2) is 0 Å². The maximum absolute atomic E-state index is 4.33. The lowest BCUT2D eigenvalue weighted by Gasteiger charge is -1.92. The van der Waals surface area contributed by atoms with Crippen LogP contribution in [0.1, 0.15) is 5.56 Å². The van der Waals surface area contributed by atoms with E-state index in [1.54, 1.807) is 0 Å². The summed E-state index contributed by atoms with van der Waals surface area (Å²) in [6, 6.07) is 20.6. The van der Waals surface area contributed by atoms with Crippen LogP contribution in [0.4, 0.5) is 5.69 Å². The van der Waals surface area contributed by atoms with Gasteiger partial charge in [0.05, 0.1) is 5.69 Å². The highest BCUT2D eigenvalue weighted by molar-refractivity contribution is 5.81. The number of hydrogen-bond acceptors (Lipinski definition) is 1. The third-order valence-corrected chi connectivity index (χ3v) is 1.86. The Morgan fingerprint density at radius 3 is 2.36 bits per heavy atom. The van der Waals surface area contributed by atoms with Gasteiger partial charge in [-0.25, -0.2) is 0 Å². The Labute approximate surface area is 83.7 Å². The monoisotopic (exact) mass is 180 g/mol. The largest absolute Gasteiger partial charge is 0.256 e. The van der Waals surface area contributed by atoms with E-state index in [4.69, 9.17) is 0 Å². The molecule has 0 fully saturated rings. The summed E-state index contributed by atoms with van der Waals surface area (Å²) in [6.45, 7) is 0. The van der Waals surface area contributed by atoms with Crippen LogP contribution in [0.25, 0.3) is 0 Å². The molecule has 0 aliphatic carbocycles. The van der Waals surface area contributed by atoms with Crippen molar-refractivity contribution in [1.29, 1.82) is 0 Å². The highest BCUT2D eigenvalue weighted by Gasteiger charge is 1.85. The molecular weight excluding hydrogens is 170 g/mol. The van der Waals surface area contributed by atoms with Crippen molar-refractivity contribution >= 4 is 11.9 Å². The van der Waals surface area contributed by atoms with Crippen molar-refractivity contribution < 1.29 is 0 Å². The quantitative estimate of drug-likeness (QED) is 0.629. The van der Waals surface area contributed by atoms with E-state index in [0.717, 1.165) is 11.3 Å². The fourth-order valence-electron chi connectivity index (χ4n) is 1.15. The molecule has 0 unspecified atom stereocenters. The van der Waals surface area contributed by atoms with Gasteiger partial charge in [-0.05, 0) is 23.8 Å². The molecule has 0 aliphatic rings. The first kappa shape index (κ1) is 8.70. The minimum Gasteiger partial charge on any atom is -0.256 e. The fraction of sp³-hybridized carbons (Fsp3) is 0. The molecule has 0 amide bonds. The first-order valence-electron chi connectivity index (χ1n) is 4.50. The van der Waals surface area contributed by atoms with Gasteiger partial charge >= 0.3 is 0 Å². The Kier molecular flexibility index (Phi) is 2.72. The van der Waals surface area contributed by atoms with Crippen molar-refractivity contribution in [3.8, 4) is 0 Å². The predicted molar refractivity (Wildman–Crippen MR) is 59.0 cm³/mol. The Bertz CT molecular complexity index is 362. The van der Waals surface area contributed by atoms with Crippen LogP contribution in [0.2, 0.25) is 0 Å². The molecule has 0 bridgehead atoms. The smallest absolute Gasteiger partial charge is 0.0630 e. The van der Waals surface area contributed by atoms with Gasteiger partial charge in [-0.15, -0.1) is 0 Å². The minimum absolute atomic E-state index is 0.951. The molecule has 0 N–H and O–H groups in total. The molecule has 0 heterocycles. The number of nitrogens with zero attached hydrogens (tertiary/aromatic N) is 1. The van der Waals surface area contributed by atoms with Crippen LogP contribution >= 0.6 is 0 Å². The van der Waals surface area contributed by atoms with Crippen LogP contribution in [0.15, 0.2) is 59.6 Å². The average molecular weight is 180 g/mol. The zero-order chi connectivity index (χ0) is 9.64. The fourth-order valence-corrected chi connectivity index (χ4v) is 1.15. The molecule has 2 aromatic carbocycles. The lowest BCUT2D eigenvalue weighted by atomic mass is 10.2. The van der Waals surface area contributed by atoms with Crippen LogP contribution < -0.4 is 0 Å². The number of aliphatic imine (C=N–C) groups is 1. The number of benzene rings is 2. The third-order valence-electron chi connectivity index (χ3n) is 1.86. The molecule has 2 rings (SSSR count). The van der Waals surface area contributed by atoms with Crippen LogP contribution in [0.5, 0.6) is 0 Å². The zero-order valence-electron chi connectivity index (χ0n) is 7.72. The van der Waals surface area contributed by atoms with Gasteiger partial charge in [0, 0.05) is 6.21 Å². The molecule has 0 saturated heterocycles. The topological polar surface area (TPSA) is 12.4 Å². The standard InChI is InChI=1S/C13H10N/c1-3-7-12(8-4-1)11-14-13-9-5-2-6-10-13/h1,3-11H. The van der Waals surface area contributed by atoms with Crippen molar-refractivity contribution in [2.75, 3.05) is 0 Å². The van der Waals surface area contributed by atoms with Gasteiger partial charge in [-0.1, -0.05) is 42.5 Å². The third kappa shape index (κ3) is 2.30. The minimum atomic E-state index is 0.951. The summed E-state index contributed by atoms with van der Waals surface area (Å²) < 4.78 is 0. The van der Waals surface area contributed by atoms with E-state index < -0.39 is 0 Å². The van der Waals surface area contributed by atoms with E-state index in [0.29, 0.717) is 0 Å². The Hall–Kier alpha value is -1.89. The van der Waals surface area contributed by atoms with E-state index >= 15 is 0 Å². The summed E-state index contributed by atoms with van der Waals surface area (Å²) in [5, 5.41) is 0. The Morgan fingerprint density at radius 1 is 0.929 bits per heavy atom. The van der Waals surface area contributed by atoms with Crippen LogP contribution in [-0.4, -0.2) is 6.21 Å². The van der Waals surface area contributed by atoms with E-state index in [1.165, 1.54) is 0 Å². The highest BCUT2D eigenvalue weighted by Crippen LogP contribution is 2.09. The van der Waals surface area contributed by atoms with Gasteiger partial charge < -0.3 is 0 Å². The summed E-state index contributed by atoms with van der Waals surface area (Å²) in [5.74, 6) is 0. The second-order valence-corrected chi connectivity index (χ2v) is 2.93. The summed E-state index contributed by atoms with van der Waals surface area (Å²) in [4.78, 5) is 4.33. The zero-order valence-corrected chi connectivity index (χ0v) is 7.72. The van der Waals surface area contributed by atoms with E-state index in [1.807, 2.05) is 60.8 Å². The SMILES string of the molecule is [c]1ccc(N=Cc2ccccc2)cc1. The molecule has 2 aromatic rings. The van der Waals surface area contributed by atoms with Crippen molar-refractivity contribution in [3.63, 3.8) is 0 Å². The normalized spacial score (nSPS) is 10.6. The highest BCUT2D eigenvalue weighted by atomic mass is 14.7. The van der Waals surface area contributed by atoms with Crippen molar-refractivity contribution in [1.82, 2.24) is 0 Å². The molecule has 0 aliphatic heterocycles. The van der Waals surface area contributed by atoms with Gasteiger partial charge in [0.1, 0.15) is 0 Å². The second-order valence-electron chi connectivity index (χ2n) is 2.93. The summed E-state index contributed by atoms with van der Waals surface area (Å²) in [5.41, 5.74) is 2.06. The molecule has 1 heteroatoms. The number of rotatable bonds is 2. The maximum atomic E-state index is 4.33. The summed E-state index contributed by atoms with van der Waals surface area (Å²) in [6.07, 6.45) is 1.86. The predicted octanol–water partition coefficient (Wildman–Crippen LogP) is 3.24. The van der Waals surface area contributed by atoms with Crippen LogP contribution in [0, 0.1) is 6.07 Å². The first-order valence-corrected chi connectivity index (χ1v) is 4.50. The average Bonchev–Trinajstić information content (AvgIpc) is 2.29. The lowest BCUT2D eigenvalue weighted by Crippen LogP contribution is -1.77. The van der Waals surface area contributed by atoms with Crippen LogP contribution in [0.3, 0.4) is 0 Å². The van der Waals surface area contributed by atoms with Crippen molar-refractivity contribution in [2.45, 2.75) is 0 Å². The molecule has 0 saturated carbocycles. The summed E-state index contributed by atoms with van der Waals surface area (Å²) >= 11 is 0. The van der Waals surface area contributed by atoms with Crippen molar-refractivity contribution in [2.24, 2.45) is 4.99 Å². The van der Waals surface area contributed by atoms with Gasteiger partial charge in [-0.2, -0.15) is 0 Å². The Balaban J connectivity index is 2.16. The molecule has 14 heavy (non-hydrogen) atoms. The van der Waals surface area contributed by atoms with Gasteiger partial charge in [0.25, 0.3) is 0 Å². The maximum Gasteiger partial charge on any atom is 0.0630 e. The van der Waals surface area contributed by atoms with Crippen molar-refractivity contribution in [3.05, 3.63) is 66.2 Å². The first-order chi connectivity index (χ1) is 6.95. The molecule has 1 radical (unpaired) electrons. The summed E-state index contributed by atoms with van der Waals surface area (Å²) in [7, 11) is 0. The lowest BCUT2D eigenvalue weighted by molar-refractivity contribution is 1.52. The number of hydrogen-bond donors (Lipinski definition) is 0. The molecule has 0 spiro atoms. The molecule has 67 valence electrons. The second kappa shape index (κ2) is 4.38. The van der Waals surface area contributed by atoms with E-state index in [9.17, 15) is 0 Å². The van der Waals surface area contributed by atoms with Gasteiger partial charge in [0.2, 0.25) is 0 Å². The molecule has 1 nitrogen and oxygen atoms in total. The van der Waals surface area contributed by atoms with Crippen LogP contribution in [-0.2, 0) is 0 Å². The molecule has 0 aromatic heterocycles. The van der Waals surface area contributed by atoms with E-state index in [-0.39, 0.29) is 0 Å². The van der Waals surface area contributed by atoms with Gasteiger partial charge in [-0.3, -0.25) is 4.99 Å². The van der Waals surface area contributed by atoms with E-state index in [2.05, 4.69) is 11.1 Å².